The monoisotopic (exact) mass is 413 g/mol. The molecule has 1 heterocycles. The summed E-state index contributed by atoms with van der Waals surface area (Å²) in [5, 5.41) is 0. The summed E-state index contributed by atoms with van der Waals surface area (Å²) < 4.78 is 0. The topological polar surface area (TPSA) is 41.6 Å². The number of hydrogen-bond donors (Lipinski definition) is 1. The molecule has 1 fully saturated rings. The predicted octanol–water partition coefficient (Wildman–Crippen LogP) is 3.46. The van der Waals surface area contributed by atoms with Crippen molar-refractivity contribution in [1.29, 1.82) is 0 Å². The molecule has 3 rings (SSSR count). The molecular formula is C18H28IN3. The Morgan fingerprint density at radius 1 is 1.23 bits per heavy atom. The third kappa shape index (κ3) is 3.94. The van der Waals surface area contributed by atoms with Crippen LogP contribution >= 0.6 is 24.0 Å². The number of benzene rings is 1. The summed E-state index contributed by atoms with van der Waals surface area (Å²) in [5.41, 5.74) is 9.42. The number of guanidine groups is 1. The van der Waals surface area contributed by atoms with E-state index in [0.717, 1.165) is 44.4 Å². The third-order valence-electron chi connectivity index (χ3n) is 5.08. The molecule has 3 nitrogen and oxygen atoms in total. The maximum Gasteiger partial charge on any atom is 0.191 e. The van der Waals surface area contributed by atoms with Crippen LogP contribution in [0, 0.1) is 11.3 Å². The summed E-state index contributed by atoms with van der Waals surface area (Å²) >= 11 is 0. The molecule has 1 aromatic rings. The van der Waals surface area contributed by atoms with Crippen LogP contribution in [0.3, 0.4) is 0 Å². The Kier molecular flexibility index (Phi) is 5.75. The molecule has 1 aliphatic heterocycles. The number of piperidine rings is 1. The molecule has 0 amide bonds. The van der Waals surface area contributed by atoms with E-state index in [-0.39, 0.29) is 29.4 Å². The number of hydrogen-bond acceptors (Lipinski definition) is 1. The van der Waals surface area contributed by atoms with E-state index >= 15 is 0 Å². The van der Waals surface area contributed by atoms with Crippen LogP contribution in [-0.4, -0.2) is 30.5 Å². The van der Waals surface area contributed by atoms with E-state index in [1.165, 1.54) is 24.0 Å². The van der Waals surface area contributed by atoms with Crippen LogP contribution in [0.2, 0.25) is 0 Å². The van der Waals surface area contributed by atoms with Gasteiger partial charge in [-0.3, -0.25) is 4.99 Å². The Morgan fingerprint density at radius 2 is 1.77 bits per heavy atom. The number of fused-ring (bicyclic) bond motifs is 1. The summed E-state index contributed by atoms with van der Waals surface area (Å²) in [6.45, 7) is 7.62. The smallest absolute Gasteiger partial charge is 0.191 e. The molecule has 2 N–H and O–H groups in total. The molecule has 0 atom stereocenters. The molecule has 0 saturated carbocycles. The minimum atomic E-state index is 0. The van der Waals surface area contributed by atoms with Gasteiger partial charge in [0, 0.05) is 19.6 Å². The normalized spacial score (nSPS) is 21.4. The Morgan fingerprint density at radius 3 is 2.32 bits per heavy atom. The Balaban J connectivity index is 0.00000176. The fourth-order valence-corrected chi connectivity index (χ4v) is 3.61. The summed E-state index contributed by atoms with van der Waals surface area (Å²) in [4.78, 5) is 6.99. The second kappa shape index (κ2) is 7.20. The predicted molar refractivity (Wildman–Crippen MR) is 104 cm³/mol. The van der Waals surface area contributed by atoms with E-state index in [2.05, 4.69) is 43.0 Å². The van der Waals surface area contributed by atoms with Crippen LogP contribution in [0.25, 0.3) is 0 Å². The van der Waals surface area contributed by atoms with Crippen molar-refractivity contribution in [3.8, 4) is 0 Å². The lowest BCUT2D eigenvalue weighted by molar-refractivity contribution is 0.275. The van der Waals surface area contributed by atoms with Gasteiger partial charge in [0.2, 0.25) is 0 Å². The standard InChI is InChI=1S/C18H27N3.HI/c1-14-7-9-21(10-8-14)17(19)20-13-18(2)11-15-5-3-4-6-16(15)12-18;/h3-6,14H,7-13H2,1-2H3,(H2,19,20);1H. The minimum absolute atomic E-state index is 0. The zero-order valence-corrected chi connectivity index (χ0v) is 16.0. The van der Waals surface area contributed by atoms with E-state index in [1.807, 2.05) is 0 Å². The highest BCUT2D eigenvalue weighted by Crippen LogP contribution is 2.36. The molecule has 0 bridgehead atoms. The molecule has 1 saturated heterocycles. The van der Waals surface area contributed by atoms with Gasteiger partial charge in [-0.2, -0.15) is 0 Å². The SMILES string of the molecule is CC1CCN(C(N)=NCC2(C)Cc3ccccc3C2)CC1.I. The van der Waals surface area contributed by atoms with Crippen molar-refractivity contribution in [3.05, 3.63) is 35.4 Å². The lowest BCUT2D eigenvalue weighted by Crippen LogP contribution is -2.43. The van der Waals surface area contributed by atoms with Crippen molar-refractivity contribution in [3.63, 3.8) is 0 Å². The molecule has 0 unspecified atom stereocenters. The van der Waals surface area contributed by atoms with Gasteiger partial charge < -0.3 is 10.6 Å². The molecule has 1 aliphatic carbocycles. The highest BCUT2D eigenvalue weighted by atomic mass is 127. The molecule has 122 valence electrons. The van der Waals surface area contributed by atoms with Crippen molar-refractivity contribution in [1.82, 2.24) is 4.90 Å². The number of aliphatic imine (C=N–C) groups is 1. The van der Waals surface area contributed by atoms with Gasteiger partial charge in [-0.05, 0) is 48.1 Å². The fraction of sp³-hybridized carbons (Fsp3) is 0.611. The fourth-order valence-electron chi connectivity index (χ4n) is 3.61. The van der Waals surface area contributed by atoms with Gasteiger partial charge in [-0.15, -0.1) is 24.0 Å². The minimum Gasteiger partial charge on any atom is -0.370 e. The zero-order chi connectivity index (χ0) is 14.9. The van der Waals surface area contributed by atoms with E-state index in [9.17, 15) is 0 Å². The van der Waals surface area contributed by atoms with Crippen LogP contribution in [-0.2, 0) is 12.8 Å². The van der Waals surface area contributed by atoms with Gasteiger partial charge in [0.15, 0.2) is 5.96 Å². The zero-order valence-electron chi connectivity index (χ0n) is 13.7. The van der Waals surface area contributed by atoms with Gasteiger partial charge in [0.25, 0.3) is 0 Å². The number of nitrogens with zero attached hydrogens (tertiary/aromatic N) is 2. The van der Waals surface area contributed by atoms with Crippen molar-refractivity contribution < 1.29 is 0 Å². The Hall–Kier alpha value is -0.780. The second-order valence-corrected chi connectivity index (χ2v) is 7.28. The second-order valence-electron chi connectivity index (χ2n) is 7.28. The first-order valence-electron chi connectivity index (χ1n) is 8.17. The molecule has 2 aliphatic rings. The van der Waals surface area contributed by atoms with Crippen LogP contribution < -0.4 is 5.73 Å². The van der Waals surface area contributed by atoms with Crippen molar-refractivity contribution >= 4 is 29.9 Å². The van der Waals surface area contributed by atoms with Crippen LogP contribution in [0.4, 0.5) is 0 Å². The Labute approximate surface area is 151 Å². The van der Waals surface area contributed by atoms with Gasteiger partial charge in [0.1, 0.15) is 0 Å². The first-order valence-corrected chi connectivity index (χ1v) is 8.17. The van der Waals surface area contributed by atoms with Gasteiger partial charge >= 0.3 is 0 Å². The first-order chi connectivity index (χ1) is 10.1. The number of rotatable bonds is 2. The summed E-state index contributed by atoms with van der Waals surface area (Å²) in [7, 11) is 0. The molecular weight excluding hydrogens is 385 g/mol. The highest BCUT2D eigenvalue weighted by Gasteiger charge is 2.32. The van der Waals surface area contributed by atoms with Crippen molar-refractivity contribution in [2.45, 2.75) is 39.5 Å². The Bertz CT molecular complexity index is 508. The molecule has 4 heteroatoms. The van der Waals surface area contributed by atoms with E-state index in [1.54, 1.807) is 0 Å². The summed E-state index contributed by atoms with van der Waals surface area (Å²) in [6.07, 6.45) is 4.71. The number of likely N-dealkylation sites (tertiary alicyclic amines) is 1. The van der Waals surface area contributed by atoms with E-state index < -0.39 is 0 Å². The maximum absolute atomic E-state index is 6.21. The van der Waals surface area contributed by atoms with Crippen molar-refractivity contribution in [2.75, 3.05) is 19.6 Å². The van der Waals surface area contributed by atoms with Crippen LogP contribution in [0.5, 0.6) is 0 Å². The molecule has 0 spiro atoms. The average Bonchev–Trinajstić information content (AvgIpc) is 2.82. The molecule has 22 heavy (non-hydrogen) atoms. The number of nitrogens with two attached hydrogens (primary N) is 1. The van der Waals surface area contributed by atoms with Gasteiger partial charge in [-0.25, -0.2) is 0 Å². The lowest BCUT2D eigenvalue weighted by Gasteiger charge is -2.31. The number of halogens is 1. The largest absolute Gasteiger partial charge is 0.370 e. The first kappa shape index (κ1) is 17.6. The third-order valence-corrected chi connectivity index (χ3v) is 5.08. The van der Waals surface area contributed by atoms with Crippen LogP contribution in [0.15, 0.2) is 29.3 Å². The lowest BCUT2D eigenvalue weighted by atomic mass is 9.87. The maximum atomic E-state index is 6.21. The van der Waals surface area contributed by atoms with Crippen molar-refractivity contribution in [2.24, 2.45) is 22.1 Å². The average molecular weight is 413 g/mol. The summed E-state index contributed by atoms with van der Waals surface area (Å²) in [5.74, 6) is 1.58. The highest BCUT2D eigenvalue weighted by molar-refractivity contribution is 14.0. The summed E-state index contributed by atoms with van der Waals surface area (Å²) in [6, 6.07) is 8.77. The quantitative estimate of drug-likeness (QED) is 0.459. The van der Waals surface area contributed by atoms with Gasteiger partial charge in [-0.1, -0.05) is 38.1 Å². The van der Waals surface area contributed by atoms with Gasteiger partial charge in [0.05, 0.1) is 0 Å². The van der Waals surface area contributed by atoms with E-state index in [0.29, 0.717) is 0 Å². The van der Waals surface area contributed by atoms with E-state index in [4.69, 9.17) is 10.7 Å². The molecule has 0 aromatic heterocycles. The molecule has 1 aromatic carbocycles. The van der Waals surface area contributed by atoms with Crippen LogP contribution in [0.1, 0.15) is 37.8 Å². The molecule has 0 radical (unpaired) electrons.